The molecule has 18 heteroatoms. The van der Waals surface area contributed by atoms with Crippen molar-refractivity contribution in [3.63, 3.8) is 0 Å². The first-order chi connectivity index (χ1) is 28.1. The Labute approximate surface area is 355 Å². The van der Waals surface area contributed by atoms with Crippen LogP contribution in [-0.4, -0.2) is 101 Å². The molecule has 0 saturated heterocycles. The number of rotatable bonds is 4. The van der Waals surface area contributed by atoms with E-state index in [9.17, 15) is 24.0 Å². The van der Waals surface area contributed by atoms with Crippen molar-refractivity contribution in [2.24, 2.45) is 9.98 Å². The number of nitrogens with zero attached hydrogens (tertiary/aromatic N) is 4. The Balaban J connectivity index is 1.41. The Morgan fingerprint density at radius 3 is 1.52 bits per heavy atom. The first-order valence-electron chi connectivity index (χ1n) is 19.8. The topological polar surface area (TPSA) is 203 Å². The number of alkyl carbamates (subject to hydrolysis) is 2. The lowest BCUT2D eigenvalue weighted by Crippen LogP contribution is -2.48. The number of anilines is 1. The summed E-state index contributed by atoms with van der Waals surface area (Å²) in [5.74, 6) is -1.25. The number of aliphatic imine (C=N–C) groups is 2. The second-order valence-electron chi connectivity index (χ2n) is 18.3. The quantitative estimate of drug-likeness (QED) is 0.151. The van der Waals surface area contributed by atoms with Crippen LogP contribution < -0.4 is 16.0 Å². The summed E-state index contributed by atoms with van der Waals surface area (Å²) in [5.41, 5.74) is -0.479. The molecule has 0 atom stereocenters. The highest BCUT2D eigenvalue weighted by Crippen LogP contribution is 2.29. The maximum absolute atomic E-state index is 15.6. The fourth-order valence-electron chi connectivity index (χ4n) is 5.79. The normalized spacial score (nSPS) is 15.6. The largest absolute Gasteiger partial charge is 0.459 e. The van der Waals surface area contributed by atoms with Crippen molar-refractivity contribution in [1.29, 1.82) is 0 Å². The predicted molar refractivity (Wildman–Crippen MR) is 227 cm³/mol. The number of hydrogen-bond donors (Lipinski definition) is 3. The lowest BCUT2D eigenvalue weighted by atomic mass is 9.98. The minimum atomic E-state index is -0.894. The fraction of sp³-hybridized carbons (Fsp3) is 0.512. The fourth-order valence-corrected chi connectivity index (χ4v) is 5.79. The minimum Gasteiger partial charge on any atom is -0.459 e. The van der Waals surface area contributed by atoms with Gasteiger partial charge in [0.05, 0.1) is 6.26 Å². The predicted octanol–water partition coefficient (Wildman–Crippen LogP) is 8.48. The molecule has 3 N–H and O–H groups in total. The van der Waals surface area contributed by atoms with Gasteiger partial charge in [-0.15, -0.1) is 9.98 Å². The molecule has 0 saturated carbocycles. The molecule has 3 heterocycles. The minimum absolute atomic E-state index is 0.000468. The van der Waals surface area contributed by atoms with Crippen LogP contribution >= 0.6 is 0 Å². The first-order valence-corrected chi connectivity index (χ1v) is 19.8. The van der Waals surface area contributed by atoms with E-state index >= 15 is 4.39 Å². The summed E-state index contributed by atoms with van der Waals surface area (Å²) >= 11 is 0. The van der Waals surface area contributed by atoms with Crippen LogP contribution in [0.3, 0.4) is 0 Å². The van der Waals surface area contributed by atoms with Crippen molar-refractivity contribution in [2.45, 2.75) is 118 Å². The number of ether oxygens (including phenoxy) is 4. The van der Waals surface area contributed by atoms with Crippen LogP contribution in [-0.2, 0) is 18.9 Å². The van der Waals surface area contributed by atoms with Crippen LogP contribution in [0.5, 0.6) is 0 Å². The van der Waals surface area contributed by atoms with Crippen LogP contribution in [0.15, 0.2) is 57.1 Å². The number of guanidine groups is 2. The highest BCUT2D eigenvalue weighted by atomic mass is 19.1. The van der Waals surface area contributed by atoms with Crippen LogP contribution in [0.25, 0.3) is 11.1 Å². The number of amides is 5. The van der Waals surface area contributed by atoms with Crippen molar-refractivity contribution in [3.8, 4) is 0 Å². The Bertz CT molecular complexity index is 2110. The molecule has 0 bridgehead atoms. The van der Waals surface area contributed by atoms with Crippen molar-refractivity contribution < 1.29 is 51.7 Å². The molecule has 4 rings (SSSR count). The number of carbonyl (C=O) groups excluding carboxylic acids is 5. The van der Waals surface area contributed by atoms with Crippen molar-refractivity contribution in [3.05, 3.63) is 65.4 Å². The zero-order chi connectivity index (χ0) is 45.5. The molecule has 332 valence electrons. The maximum atomic E-state index is 15.6. The molecule has 0 fully saturated rings. The summed E-state index contributed by atoms with van der Waals surface area (Å²) in [5, 5.41) is 7.77. The van der Waals surface area contributed by atoms with Gasteiger partial charge in [0.25, 0.3) is 5.91 Å². The molecule has 0 aliphatic carbocycles. The number of carbonyl (C=O) groups is 5. The second-order valence-corrected chi connectivity index (χ2v) is 18.3. The maximum Gasteiger partial charge on any atom is 0.437 e. The van der Waals surface area contributed by atoms with Gasteiger partial charge in [-0.05, 0) is 131 Å². The molecule has 61 heavy (non-hydrogen) atoms. The lowest BCUT2D eigenvalue weighted by molar-refractivity contribution is 0.0536. The van der Waals surface area contributed by atoms with Crippen LogP contribution in [0.2, 0.25) is 0 Å². The van der Waals surface area contributed by atoms with E-state index in [1.54, 1.807) is 117 Å². The SMILES string of the molecule is CC(C)(C)OC(=O)N=C(NC(=O)OC(C)(C)C)N1CC=C(c2coc(C(=O)Nc3ccc(C4=CCN(C(=NC(=O)OC(C)(C)C)NC(=O)OC(C)(C)C)CC4)c(F)c3)c2)CC1. The average molecular weight is 852 g/mol. The molecule has 0 spiro atoms. The molecule has 0 radical (unpaired) electrons. The molecule has 2 aliphatic rings. The Morgan fingerprint density at radius 2 is 1.11 bits per heavy atom. The van der Waals surface area contributed by atoms with E-state index in [0.29, 0.717) is 36.1 Å². The summed E-state index contributed by atoms with van der Waals surface area (Å²) < 4.78 is 42.5. The van der Waals surface area contributed by atoms with Gasteiger partial charge in [0.2, 0.25) is 11.9 Å². The number of halogens is 1. The first kappa shape index (κ1) is 47.5. The number of hydrogen-bond acceptors (Lipinski definition) is 10. The van der Waals surface area contributed by atoms with Gasteiger partial charge >= 0.3 is 24.4 Å². The van der Waals surface area contributed by atoms with E-state index in [4.69, 9.17) is 23.4 Å². The summed E-state index contributed by atoms with van der Waals surface area (Å²) in [6.07, 6.45) is 2.50. The van der Waals surface area contributed by atoms with E-state index in [0.717, 1.165) is 5.57 Å². The summed E-state index contributed by atoms with van der Waals surface area (Å²) in [6.45, 7) is 21.5. The van der Waals surface area contributed by atoms with E-state index in [1.807, 2.05) is 6.08 Å². The van der Waals surface area contributed by atoms with E-state index < -0.39 is 58.5 Å². The second kappa shape index (κ2) is 19.0. The van der Waals surface area contributed by atoms with Gasteiger partial charge in [-0.3, -0.25) is 15.4 Å². The van der Waals surface area contributed by atoms with Gasteiger partial charge in [0.15, 0.2) is 5.76 Å². The summed E-state index contributed by atoms with van der Waals surface area (Å²) in [7, 11) is 0. The van der Waals surface area contributed by atoms with E-state index in [2.05, 4.69) is 25.9 Å². The number of furan rings is 1. The van der Waals surface area contributed by atoms with Gasteiger partial charge in [-0.25, -0.2) is 23.6 Å². The Morgan fingerprint density at radius 1 is 0.656 bits per heavy atom. The standard InChI is InChI=1S/C43H58FN7O10/c1-40(2,3)58-36(53)46-34(47-37(54)59-41(4,5)6)50-19-15-26(16-20-50)28-23-32(57-25-28)33(52)45-29-13-14-30(31(44)24-29)27-17-21-51(22-18-27)35(48-38(55)60-42(7,8)9)49-39(56)61-43(10,11)12/h13-15,17,23-25H,16,18-22H2,1-12H3,(H,45,52)(H,46,47,53,54)(H,48,49,55,56). The van der Waals surface area contributed by atoms with Gasteiger partial charge in [0, 0.05) is 43.0 Å². The monoisotopic (exact) mass is 851 g/mol. The third kappa shape index (κ3) is 15.7. The molecule has 2 aliphatic heterocycles. The molecule has 2 aromatic rings. The van der Waals surface area contributed by atoms with E-state index in [-0.39, 0.29) is 43.0 Å². The molecular weight excluding hydrogens is 794 g/mol. The van der Waals surface area contributed by atoms with Gasteiger partial charge < -0.3 is 38.5 Å². The van der Waals surface area contributed by atoms with Crippen molar-refractivity contribution >= 4 is 59.0 Å². The zero-order valence-electron chi connectivity index (χ0n) is 37.0. The average Bonchev–Trinajstić information content (AvgIpc) is 3.59. The highest BCUT2D eigenvalue weighted by molar-refractivity contribution is 6.03. The molecule has 5 amide bonds. The summed E-state index contributed by atoms with van der Waals surface area (Å²) in [6, 6.07) is 5.93. The Hall–Kier alpha value is -6.20. The van der Waals surface area contributed by atoms with Gasteiger partial charge in [0.1, 0.15) is 28.2 Å². The molecular formula is C43H58FN7O10. The number of nitrogens with one attached hydrogen (secondary N) is 3. The third-order valence-electron chi connectivity index (χ3n) is 8.19. The van der Waals surface area contributed by atoms with Crippen LogP contribution in [0.1, 0.15) is 118 Å². The highest BCUT2D eigenvalue weighted by Gasteiger charge is 2.28. The van der Waals surface area contributed by atoms with E-state index in [1.165, 1.54) is 12.3 Å². The molecule has 1 aromatic heterocycles. The zero-order valence-corrected chi connectivity index (χ0v) is 37.0. The van der Waals surface area contributed by atoms with Crippen molar-refractivity contribution in [1.82, 2.24) is 20.4 Å². The summed E-state index contributed by atoms with van der Waals surface area (Å²) in [4.78, 5) is 74.8. The third-order valence-corrected chi connectivity index (χ3v) is 8.19. The smallest absolute Gasteiger partial charge is 0.437 e. The van der Waals surface area contributed by atoms with Gasteiger partial charge in [-0.2, -0.15) is 0 Å². The van der Waals surface area contributed by atoms with Crippen molar-refractivity contribution in [2.75, 3.05) is 31.5 Å². The molecule has 17 nitrogen and oxygen atoms in total. The van der Waals surface area contributed by atoms with Gasteiger partial charge in [-0.1, -0.05) is 12.2 Å². The molecule has 1 aromatic carbocycles. The van der Waals surface area contributed by atoms with Crippen LogP contribution in [0.4, 0.5) is 29.3 Å². The van der Waals surface area contributed by atoms with Crippen LogP contribution in [0, 0.1) is 5.82 Å². The number of benzene rings is 1. The molecule has 0 unspecified atom stereocenters. The Kier molecular flexibility index (Phi) is 14.8. The lowest BCUT2D eigenvalue weighted by Gasteiger charge is -2.30.